The van der Waals surface area contributed by atoms with Gasteiger partial charge in [0.25, 0.3) is 0 Å². The number of benzene rings is 1. The van der Waals surface area contributed by atoms with Crippen LogP contribution in [0.25, 0.3) is 0 Å². The molecule has 0 aromatic heterocycles. The standard InChI is InChI=1S/C16H22O4S/c1-12-2-7-14(8-3-12)21(19,20)15-9-4-13(5-10-15)6-11-16(17)18/h4-5,9-10,12,14H,2-3,6-8,11H2,1H3,(H,17,18). The van der Waals surface area contributed by atoms with Gasteiger partial charge in [-0.15, -0.1) is 0 Å². The van der Waals surface area contributed by atoms with Crippen molar-refractivity contribution in [3.05, 3.63) is 29.8 Å². The quantitative estimate of drug-likeness (QED) is 0.907. The van der Waals surface area contributed by atoms with Gasteiger partial charge in [-0.1, -0.05) is 19.1 Å². The third-order valence-corrected chi connectivity index (χ3v) is 6.56. The van der Waals surface area contributed by atoms with Crippen LogP contribution in [0, 0.1) is 5.92 Å². The highest BCUT2D eigenvalue weighted by Gasteiger charge is 2.30. The van der Waals surface area contributed by atoms with Gasteiger partial charge in [-0.2, -0.15) is 0 Å². The first-order chi connectivity index (χ1) is 9.89. The predicted octanol–water partition coefficient (Wildman–Crippen LogP) is 3.06. The molecule has 0 bridgehead atoms. The molecule has 0 spiro atoms. The van der Waals surface area contributed by atoms with Crippen molar-refractivity contribution in [2.45, 2.75) is 55.6 Å². The summed E-state index contributed by atoms with van der Waals surface area (Å²) in [6.07, 6.45) is 3.92. The highest BCUT2D eigenvalue weighted by molar-refractivity contribution is 7.92. The molecule has 116 valence electrons. The van der Waals surface area contributed by atoms with E-state index in [4.69, 9.17) is 5.11 Å². The number of rotatable bonds is 5. The lowest BCUT2D eigenvalue weighted by molar-refractivity contribution is -0.136. The lowest BCUT2D eigenvalue weighted by Gasteiger charge is -2.26. The summed E-state index contributed by atoms with van der Waals surface area (Å²) in [6, 6.07) is 6.68. The summed E-state index contributed by atoms with van der Waals surface area (Å²) in [5.74, 6) is -0.224. The monoisotopic (exact) mass is 310 g/mol. The van der Waals surface area contributed by atoms with E-state index < -0.39 is 15.8 Å². The smallest absolute Gasteiger partial charge is 0.303 e. The molecule has 1 aliphatic rings. The van der Waals surface area contributed by atoms with Crippen molar-refractivity contribution >= 4 is 15.8 Å². The van der Waals surface area contributed by atoms with Gasteiger partial charge in [0.1, 0.15) is 0 Å². The molecule has 1 aliphatic carbocycles. The highest BCUT2D eigenvalue weighted by atomic mass is 32.2. The van der Waals surface area contributed by atoms with Crippen molar-refractivity contribution in [2.75, 3.05) is 0 Å². The molecular formula is C16H22O4S. The SMILES string of the molecule is CC1CCC(S(=O)(=O)c2ccc(CCC(=O)O)cc2)CC1. The van der Waals surface area contributed by atoms with E-state index in [1.54, 1.807) is 24.3 Å². The van der Waals surface area contributed by atoms with E-state index in [1.165, 1.54) is 0 Å². The Morgan fingerprint density at radius 3 is 2.24 bits per heavy atom. The number of carbonyl (C=O) groups is 1. The first-order valence-corrected chi connectivity index (χ1v) is 8.99. The molecule has 4 nitrogen and oxygen atoms in total. The van der Waals surface area contributed by atoms with Crippen molar-refractivity contribution in [1.29, 1.82) is 0 Å². The van der Waals surface area contributed by atoms with Crippen molar-refractivity contribution in [2.24, 2.45) is 5.92 Å². The third-order valence-electron chi connectivity index (χ3n) is 4.28. The summed E-state index contributed by atoms with van der Waals surface area (Å²) in [4.78, 5) is 10.9. The fraction of sp³-hybridized carbons (Fsp3) is 0.562. The Labute approximate surface area is 126 Å². The second-order valence-electron chi connectivity index (χ2n) is 5.96. The molecule has 0 radical (unpaired) electrons. The number of sulfone groups is 1. The molecule has 0 amide bonds. The number of carboxylic acid groups (broad SMARTS) is 1. The van der Waals surface area contributed by atoms with Crippen LogP contribution in [0.3, 0.4) is 0 Å². The van der Waals surface area contributed by atoms with E-state index in [2.05, 4.69) is 6.92 Å². The zero-order valence-electron chi connectivity index (χ0n) is 12.3. The summed E-state index contributed by atoms with van der Waals surface area (Å²) in [7, 11) is -3.25. The number of hydrogen-bond donors (Lipinski definition) is 1. The molecule has 0 unspecified atom stereocenters. The highest BCUT2D eigenvalue weighted by Crippen LogP contribution is 2.31. The fourth-order valence-electron chi connectivity index (χ4n) is 2.83. The van der Waals surface area contributed by atoms with E-state index in [-0.39, 0.29) is 11.7 Å². The van der Waals surface area contributed by atoms with Gasteiger partial charge in [0.05, 0.1) is 10.1 Å². The van der Waals surface area contributed by atoms with Gasteiger partial charge in [-0.3, -0.25) is 4.79 Å². The van der Waals surface area contributed by atoms with Crippen LogP contribution in [0.4, 0.5) is 0 Å². The molecule has 21 heavy (non-hydrogen) atoms. The summed E-state index contributed by atoms with van der Waals surface area (Å²) in [5, 5.41) is 8.39. The molecule has 1 saturated carbocycles. The summed E-state index contributed by atoms with van der Waals surface area (Å²) < 4.78 is 25.2. The second kappa shape index (κ2) is 6.60. The van der Waals surface area contributed by atoms with Crippen LogP contribution in [0.5, 0.6) is 0 Å². The maximum Gasteiger partial charge on any atom is 0.303 e. The van der Waals surface area contributed by atoms with E-state index in [9.17, 15) is 13.2 Å². The Morgan fingerprint density at radius 2 is 1.71 bits per heavy atom. The van der Waals surface area contributed by atoms with E-state index in [0.29, 0.717) is 17.2 Å². The van der Waals surface area contributed by atoms with E-state index in [1.807, 2.05) is 0 Å². The number of carboxylic acids is 1. The summed E-state index contributed by atoms with van der Waals surface area (Å²) in [5.41, 5.74) is 0.855. The molecule has 1 aromatic rings. The van der Waals surface area contributed by atoms with Crippen LogP contribution in [0.15, 0.2) is 29.2 Å². The molecule has 0 aliphatic heterocycles. The second-order valence-corrected chi connectivity index (χ2v) is 8.19. The Morgan fingerprint density at radius 1 is 1.14 bits per heavy atom. The maximum atomic E-state index is 12.6. The minimum absolute atomic E-state index is 0.0621. The summed E-state index contributed by atoms with van der Waals surface area (Å²) >= 11 is 0. The predicted molar refractivity (Wildman–Crippen MR) is 81.0 cm³/mol. The first kappa shape index (κ1) is 16.0. The maximum absolute atomic E-state index is 12.6. The van der Waals surface area contributed by atoms with Crippen LogP contribution in [0.2, 0.25) is 0 Å². The Balaban J connectivity index is 2.08. The fourth-order valence-corrected chi connectivity index (χ4v) is 4.62. The largest absolute Gasteiger partial charge is 0.481 e. The van der Waals surface area contributed by atoms with Crippen molar-refractivity contribution in [3.8, 4) is 0 Å². The molecule has 2 rings (SSSR count). The molecule has 5 heteroatoms. The minimum atomic E-state index is -3.25. The van der Waals surface area contributed by atoms with Gasteiger partial charge in [0.2, 0.25) is 0 Å². The first-order valence-electron chi connectivity index (χ1n) is 7.44. The molecule has 1 aromatic carbocycles. The van der Waals surface area contributed by atoms with Crippen molar-refractivity contribution < 1.29 is 18.3 Å². The van der Waals surface area contributed by atoms with Crippen LogP contribution in [-0.4, -0.2) is 24.7 Å². The van der Waals surface area contributed by atoms with Gasteiger partial charge >= 0.3 is 5.97 Å². The zero-order valence-corrected chi connectivity index (χ0v) is 13.1. The molecule has 0 atom stereocenters. The Kier molecular flexibility index (Phi) is 5.04. The number of hydrogen-bond acceptors (Lipinski definition) is 3. The zero-order chi connectivity index (χ0) is 15.5. The molecule has 1 N–H and O–H groups in total. The van der Waals surface area contributed by atoms with Crippen molar-refractivity contribution in [3.63, 3.8) is 0 Å². The number of aryl methyl sites for hydroxylation is 1. The number of aliphatic carboxylic acids is 1. The van der Waals surface area contributed by atoms with E-state index >= 15 is 0 Å². The normalized spacial score (nSPS) is 22.9. The van der Waals surface area contributed by atoms with Crippen LogP contribution in [0.1, 0.15) is 44.6 Å². The summed E-state index contributed by atoms with van der Waals surface area (Å²) in [6.45, 7) is 2.17. The van der Waals surface area contributed by atoms with Gasteiger partial charge in [-0.25, -0.2) is 8.42 Å². The third kappa shape index (κ3) is 4.06. The van der Waals surface area contributed by atoms with Gasteiger partial charge in [-0.05, 0) is 55.7 Å². The van der Waals surface area contributed by atoms with Gasteiger partial charge < -0.3 is 5.11 Å². The topological polar surface area (TPSA) is 71.4 Å². The average molecular weight is 310 g/mol. The van der Waals surface area contributed by atoms with Gasteiger partial charge in [0.15, 0.2) is 9.84 Å². The Hall–Kier alpha value is -1.36. The molecule has 0 saturated heterocycles. The lowest BCUT2D eigenvalue weighted by Crippen LogP contribution is -2.26. The Bertz CT molecular complexity index is 581. The van der Waals surface area contributed by atoms with Crippen LogP contribution in [-0.2, 0) is 21.1 Å². The van der Waals surface area contributed by atoms with Crippen LogP contribution >= 0.6 is 0 Å². The van der Waals surface area contributed by atoms with Gasteiger partial charge in [0, 0.05) is 6.42 Å². The lowest BCUT2D eigenvalue weighted by atomic mass is 9.91. The minimum Gasteiger partial charge on any atom is -0.481 e. The average Bonchev–Trinajstić information content (AvgIpc) is 2.46. The molecule has 1 fully saturated rings. The van der Waals surface area contributed by atoms with E-state index in [0.717, 1.165) is 31.2 Å². The van der Waals surface area contributed by atoms with Crippen molar-refractivity contribution in [1.82, 2.24) is 0 Å². The molecule has 0 heterocycles. The van der Waals surface area contributed by atoms with Crippen LogP contribution < -0.4 is 0 Å². The molecular weight excluding hydrogens is 288 g/mol.